The van der Waals surface area contributed by atoms with Gasteiger partial charge in [-0.1, -0.05) is 238 Å². The van der Waals surface area contributed by atoms with Crippen molar-refractivity contribution < 1.29 is 15.0 Å². The number of aliphatic hydroxyl groups is 2. The van der Waals surface area contributed by atoms with Gasteiger partial charge in [0.25, 0.3) is 0 Å². The first-order chi connectivity index (χ1) is 25.7. The lowest BCUT2D eigenvalue weighted by atomic mass is 10.0. The van der Waals surface area contributed by atoms with Gasteiger partial charge < -0.3 is 15.5 Å². The zero-order valence-electron chi connectivity index (χ0n) is 35.6. The van der Waals surface area contributed by atoms with Crippen LogP contribution in [0.2, 0.25) is 0 Å². The van der Waals surface area contributed by atoms with Crippen molar-refractivity contribution in [3.8, 4) is 0 Å². The maximum atomic E-state index is 12.3. The van der Waals surface area contributed by atoms with Gasteiger partial charge in [0.2, 0.25) is 5.91 Å². The summed E-state index contributed by atoms with van der Waals surface area (Å²) in [5.41, 5.74) is 0. The van der Waals surface area contributed by atoms with Gasteiger partial charge in [0, 0.05) is 6.42 Å². The van der Waals surface area contributed by atoms with Crippen molar-refractivity contribution in [2.45, 2.75) is 283 Å². The van der Waals surface area contributed by atoms with Crippen LogP contribution in [0.3, 0.4) is 0 Å². The fourth-order valence-electron chi connectivity index (χ4n) is 7.59. The van der Waals surface area contributed by atoms with E-state index < -0.39 is 12.1 Å². The summed E-state index contributed by atoms with van der Waals surface area (Å²) in [4.78, 5) is 12.3. The van der Waals surface area contributed by atoms with Crippen LogP contribution in [0, 0.1) is 0 Å². The molecule has 0 aliphatic heterocycles. The van der Waals surface area contributed by atoms with Gasteiger partial charge in [-0.15, -0.1) is 0 Å². The maximum Gasteiger partial charge on any atom is 0.220 e. The first kappa shape index (κ1) is 51.1. The summed E-state index contributed by atoms with van der Waals surface area (Å²) in [7, 11) is 0. The molecule has 4 heteroatoms. The Kier molecular flexibility index (Phi) is 43.8. The standard InChI is InChI=1S/C48H95NO3/c1-3-5-7-9-10-11-12-13-14-15-16-17-18-19-20-21-22-23-24-25-26-27-28-29-30-31-32-33-34-35-36-37-38-40-42-44-48(52)49-46(45-50)47(51)43-41-39-8-6-4-2/h15-16,46-47,50-51H,3-14,17-45H2,1-2H3,(H,49,52)/b16-15-. The molecule has 0 saturated heterocycles. The number of hydrogen-bond donors (Lipinski definition) is 3. The van der Waals surface area contributed by atoms with Crippen LogP contribution < -0.4 is 5.32 Å². The molecule has 1 amide bonds. The molecule has 0 radical (unpaired) electrons. The van der Waals surface area contributed by atoms with Crippen molar-refractivity contribution in [2.75, 3.05) is 6.61 Å². The molecule has 310 valence electrons. The lowest BCUT2D eigenvalue weighted by molar-refractivity contribution is -0.123. The number of aliphatic hydroxyl groups excluding tert-OH is 2. The van der Waals surface area contributed by atoms with Gasteiger partial charge in [-0.2, -0.15) is 0 Å². The highest BCUT2D eigenvalue weighted by atomic mass is 16.3. The fourth-order valence-corrected chi connectivity index (χ4v) is 7.59. The highest BCUT2D eigenvalue weighted by molar-refractivity contribution is 5.76. The molecule has 2 unspecified atom stereocenters. The van der Waals surface area contributed by atoms with Crippen molar-refractivity contribution in [2.24, 2.45) is 0 Å². The Hall–Kier alpha value is -0.870. The number of hydrogen-bond acceptors (Lipinski definition) is 3. The number of unbranched alkanes of at least 4 members (excludes halogenated alkanes) is 35. The van der Waals surface area contributed by atoms with Crippen molar-refractivity contribution in [3.05, 3.63) is 12.2 Å². The second-order valence-electron chi connectivity index (χ2n) is 16.5. The predicted molar refractivity (Wildman–Crippen MR) is 230 cm³/mol. The smallest absolute Gasteiger partial charge is 0.220 e. The average molecular weight is 734 g/mol. The molecule has 52 heavy (non-hydrogen) atoms. The van der Waals surface area contributed by atoms with Crippen LogP contribution in [-0.4, -0.2) is 34.9 Å². The van der Waals surface area contributed by atoms with Crippen molar-refractivity contribution in [1.82, 2.24) is 5.32 Å². The zero-order valence-corrected chi connectivity index (χ0v) is 35.6. The van der Waals surface area contributed by atoms with Crippen LogP contribution in [0.15, 0.2) is 12.2 Å². The first-order valence-corrected chi connectivity index (χ1v) is 23.9. The molecule has 0 aromatic rings. The maximum absolute atomic E-state index is 12.3. The number of amides is 1. The molecular weight excluding hydrogens is 639 g/mol. The van der Waals surface area contributed by atoms with Crippen LogP contribution in [0.25, 0.3) is 0 Å². The lowest BCUT2D eigenvalue weighted by Crippen LogP contribution is -2.45. The molecule has 0 fully saturated rings. The Balaban J connectivity index is 3.28. The summed E-state index contributed by atoms with van der Waals surface area (Å²) in [5.74, 6) is -0.0336. The molecule has 3 N–H and O–H groups in total. The topological polar surface area (TPSA) is 69.6 Å². The minimum atomic E-state index is -0.651. The SMILES string of the molecule is CCCCCCCCCC/C=C\CCCCCCCCCCCCCCCCCCCCCCCCCC(=O)NC(CO)C(O)CCCCCCC. The molecular formula is C48H95NO3. The molecule has 0 saturated carbocycles. The number of nitrogens with one attached hydrogen (secondary N) is 1. The highest BCUT2D eigenvalue weighted by Crippen LogP contribution is 2.17. The van der Waals surface area contributed by atoms with Crippen molar-refractivity contribution >= 4 is 5.91 Å². The summed E-state index contributed by atoms with van der Waals surface area (Å²) in [6.45, 7) is 4.29. The van der Waals surface area contributed by atoms with Crippen molar-refractivity contribution in [1.29, 1.82) is 0 Å². The van der Waals surface area contributed by atoms with Gasteiger partial charge in [-0.25, -0.2) is 0 Å². The first-order valence-electron chi connectivity index (χ1n) is 23.9. The monoisotopic (exact) mass is 734 g/mol. The fraction of sp³-hybridized carbons (Fsp3) is 0.938. The summed E-state index contributed by atoms with van der Waals surface area (Å²) >= 11 is 0. The molecule has 0 aromatic heterocycles. The molecule has 0 aliphatic carbocycles. The van der Waals surface area contributed by atoms with E-state index in [2.05, 4.69) is 31.3 Å². The van der Waals surface area contributed by atoms with Gasteiger partial charge in [0.15, 0.2) is 0 Å². The predicted octanol–water partition coefficient (Wildman–Crippen LogP) is 15.0. The molecule has 2 atom stereocenters. The van der Waals surface area contributed by atoms with Gasteiger partial charge in [-0.05, 0) is 38.5 Å². The molecule has 0 bridgehead atoms. The molecule has 4 nitrogen and oxygen atoms in total. The van der Waals surface area contributed by atoms with E-state index in [1.807, 2.05) is 0 Å². The second kappa shape index (κ2) is 44.5. The molecule has 0 spiro atoms. The van der Waals surface area contributed by atoms with E-state index >= 15 is 0 Å². The Morgan fingerprint density at radius 3 is 1.06 bits per heavy atom. The van der Waals surface area contributed by atoms with Crippen molar-refractivity contribution in [3.63, 3.8) is 0 Å². The summed E-state index contributed by atoms with van der Waals surface area (Å²) in [5, 5.41) is 22.8. The number of carbonyl (C=O) groups is 1. The molecule has 0 heterocycles. The van der Waals surface area contributed by atoms with Gasteiger partial charge in [-0.3, -0.25) is 4.79 Å². The number of rotatable bonds is 44. The third kappa shape index (κ3) is 40.3. The van der Waals surface area contributed by atoms with E-state index in [0.29, 0.717) is 12.8 Å². The second-order valence-corrected chi connectivity index (χ2v) is 16.5. The van der Waals surface area contributed by atoms with Crippen LogP contribution in [-0.2, 0) is 4.79 Å². The highest BCUT2D eigenvalue weighted by Gasteiger charge is 2.19. The van der Waals surface area contributed by atoms with E-state index in [1.165, 1.54) is 218 Å². The Labute approximate surface area is 327 Å². The normalized spacial score (nSPS) is 12.9. The van der Waals surface area contributed by atoms with Crippen LogP contribution in [0.1, 0.15) is 271 Å². The Morgan fingerprint density at radius 2 is 0.731 bits per heavy atom. The van der Waals surface area contributed by atoms with Gasteiger partial charge >= 0.3 is 0 Å². The largest absolute Gasteiger partial charge is 0.394 e. The Morgan fingerprint density at radius 1 is 0.442 bits per heavy atom. The van der Waals surface area contributed by atoms with Crippen LogP contribution >= 0.6 is 0 Å². The van der Waals surface area contributed by atoms with E-state index in [-0.39, 0.29) is 12.5 Å². The van der Waals surface area contributed by atoms with Crippen LogP contribution in [0.5, 0.6) is 0 Å². The minimum Gasteiger partial charge on any atom is -0.394 e. The number of carbonyl (C=O) groups excluding carboxylic acids is 1. The lowest BCUT2D eigenvalue weighted by Gasteiger charge is -2.22. The van der Waals surface area contributed by atoms with Crippen LogP contribution in [0.4, 0.5) is 0 Å². The van der Waals surface area contributed by atoms with E-state index in [4.69, 9.17) is 0 Å². The van der Waals surface area contributed by atoms with E-state index in [1.54, 1.807) is 0 Å². The van der Waals surface area contributed by atoms with E-state index in [0.717, 1.165) is 25.7 Å². The van der Waals surface area contributed by atoms with Gasteiger partial charge in [0.1, 0.15) is 0 Å². The zero-order chi connectivity index (χ0) is 37.8. The third-order valence-electron chi connectivity index (χ3n) is 11.3. The summed E-state index contributed by atoms with van der Waals surface area (Å²) in [6.07, 6.45) is 56.5. The number of allylic oxidation sites excluding steroid dienone is 2. The molecule has 0 rings (SSSR count). The molecule has 0 aromatic carbocycles. The molecule has 0 aliphatic rings. The minimum absolute atomic E-state index is 0.0336. The summed E-state index contributed by atoms with van der Waals surface area (Å²) < 4.78 is 0. The average Bonchev–Trinajstić information content (AvgIpc) is 3.15. The third-order valence-corrected chi connectivity index (χ3v) is 11.3. The summed E-state index contributed by atoms with van der Waals surface area (Å²) in [6, 6.07) is -0.527. The van der Waals surface area contributed by atoms with E-state index in [9.17, 15) is 15.0 Å². The quantitative estimate of drug-likeness (QED) is 0.0431. The van der Waals surface area contributed by atoms with Gasteiger partial charge in [0.05, 0.1) is 18.8 Å². The Bertz CT molecular complexity index is 710.